The van der Waals surface area contributed by atoms with Crippen LogP contribution in [0.4, 0.5) is 5.69 Å². The van der Waals surface area contributed by atoms with E-state index in [1.807, 2.05) is 29.6 Å². The first-order chi connectivity index (χ1) is 8.83. The van der Waals surface area contributed by atoms with Gasteiger partial charge in [-0.2, -0.15) is 0 Å². The number of morpholine rings is 1. The molecule has 2 heterocycles. The summed E-state index contributed by atoms with van der Waals surface area (Å²) in [5.41, 5.74) is 0.820. The maximum absolute atomic E-state index is 12.0. The van der Waals surface area contributed by atoms with Crippen LogP contribution in [0.25, 0.3) is 10.1 Å². The molecule has 1 aromatic carbocycles. The molecule has 0 spiro atoms. The highest BCUT2D eigenvalue weighted by atomic mass is 32.1. The van der Waals surface area contributed by atoms with E-state index in [4.69, 9.17) is 4.74 Å². The predicted octanol–water partition coefficient (Wildman–Crippen LogP) is 1.83. The largest absolute Gasteiger partial charge is 0.366 e. The summed E-state index contributed by atoms with van der Waals surface area (Å²) in [4.78, 5) is 12.0. The number of hydrogen-bond donors (Lipinski definition) is 2. The smallest absolute Gasteiger partial charge is 0.254 e. The van der Waals surface area contributed by atoms with Gasteiger partial charge in [0.05, 0.1) is 6.61 Å². The second-order valence-corrected chi connectivity index (χ2v) is 5.17. The minimum Gasteiger partial charge on any atom is -0.366 e. The maximum atomic E-state index is 12.0. The number of benzene rings is 1. The molecule has 0 aliphatic carbocycles. The molecule has 3 rings (SSSR count). The average Bonchev–Trinajstić information content (AvgIpc) is 2.87. The number of carbonyl (C=O) groups excluding carboxylic acids is 1. The molecule has 1 amide bonds. The van der Waals surface area contributed by atoms with E-state index in [2.05, 4.69) is 10.6 Å². The number of carbonyl (C=O) groups is 1. The molecule has 1 fully saturated rings. The lowest BCUT2D eigenvalue weighted by Crippen LogP contribution is -2.45. The summed E-state index contributed by atoms with van der Waals surface area (Å²) in [5.74, 6) is -0.0863. The van der Waals surface area contributed by atoms with Crippen LogP contribution < -0.4 is 10.6 Å². The molecule has 2 N–H and O–H groups in total. The summed E-state index contributed by atoms with van der Waals surface area (Å²) in [6.07, 6.45) is -0.392. The lowest BCUT2D eigenvalue weighted by Gasteiger charge is -2.22. The van der Waals surface area contributed by atoms with E-state index in [0.29, 0.717) is 13.2 Å². The lowest BCUT2D eigenvalue weighted by atomic mass is 10.2. The number of rotatable bonds is 2. The van der Waals surface area contributed by atoms with Crippen molar-refractivity contribution in [1.29, 1.82) is 0 Å². The predicted molar refractivity (Wildman–Crippen MR) is 73.1 cm³/mol. The number of anilines is 1. The highest BCUT2D eigenvalue weighted by Gasteiger charge is 2.21. The Morgan fingerprint density at radius 3 is 3.22 bits per heavy atom. The van der Waals surface area contributed by atoms with E-state index in [1.54, 1.807) is 11.3 Å². The van der Waals surface area contributed by atoms with E-state index >= 15 is 0 Å². The fourth-order valence-electron chi connectivity index (χ4n) is 2.00. The second kappa shape index (κ2) is 5.06. The number of nitrogens with one attached hydrogen (secondary N) is 2. The molecule has 94 valence electrons. The molecule has 1 aromatic heterocycles. The summed E-state index contributed by atoms with van der Waals surface area (Å²) in [5, 5.41) is 9.24. The molecule has 1 aliphatic heterocycles. The van der Waals surface area contributed by atoms with Crippen LogP contribution in [0.15, 0.2) is 29.6 Å². The molecule has 0 radical (unpaired) electrons. The molecular weight excluding hydrogens is 248 g/mol. The van der Waals surface area contributed by atoms with Crippen molar-refractivity contribution >= 4 is 33.0 Å². The van der Waals surface area contributed by atoms with Crippen molar-refractivity contribution in [2.45, 2.75) is 6.10 Å². The van der Waals surface area contributed by atoms with E-state index in [1.165, 1.54) is 4.70 Å². The van der Waals surface area contributed by atoms with Crippen LogP contribution in [0.5, 0.6) is 0 Å². The van der Waals surface area contributed by atoms with Gasteiger partial charge in [0.15, 0.2) is 0 Å². The zero-order valence-electron chi connectivity index (χ0n) is 9.81. The molecule has 0 saturated carbocycles. The molecule has 1 aliphatic rings. The van der Waals surface area contributed by atoms with Crippen molar-refractivity contribution in [3.8, 4) is 0 Å². The number of thiophene rings is 1. The first-order valence-corrected chi connectivity index (χ1v) is 6.81. The van der Waals surface area contributed by atoms with Gasteiger partial charge in [0.25, 0.3) is 5.91 Å². The zero-order valence-corrected chi connectivity index (χ0v) is 10.6. The number of amides is 1. The Bertz CT molecular complexity index is 561. The number of hydrogen-bond acceptors (Lipinski definition) is 4. The topological polar surface area (TPSA) is 50.4 Å². The number of ether oxygens (including phenoxy) is 1. The van der Waals surface area contributed by atoms with E-state index in [9.17, 15) is 4.79 Å². The van der Waals surface area contributed by atoms with Crippen molar-refractivity contribution in [2.24, 2.45) is 0 Å². The van der Waals surface area contributed by atoms with Crippen LogP contribution in [-0.4, -0.2) is 31.7 Å². The molecule has 4 nitrogen and oxygen atoms in total. The third-order valence-electron chi connectivity index (χ3n) is 2.94. The van der Waals surface area contributed by atoms with Crippen LogP contribution in [0, 0.1) is 0 Å². The highest BCUT2D eigenvalue weighted by molar-refractivity contribution is 7.17. The Hall–Kier alpha value is -1.43. The van der Waals surface area contributed by atoms with Gasteiger partial charge in [-0.3, -0.25) is 4.79 Å². The summed E-state index contributed by atoms with van der Waals surface area (Å²) in [7, 11) is 0. The van der Waals surface area contributed by atoms with Crippen LogP contribution >= 0.6 is 11.3 Å². The minimum atomic E-state index is -0.392. The van der Waals surface area contributed by atoms with Crippen molar-refractivity contribution < 1.29 is 9.53 Å². The van der Waals surface area contributed by atoms with Crippen molar-refractivity contribution in [1.82, 2.24) is 5.32 Å². The van der Waals surface area contributed by atoms with Crippen molar-refractivity contribution in [2.75, 3.05) is 25.0 Å². The first kappa shape index (κ1) is 11.6. The highest BCUT2D eigenvalue weighted by Crippen LogP contribution is 2.24. The van der Waals surface area contributed by atoms with Crippen LogP contribution in [0.1, 0.15) is 0 Å². The summed E-state index contributed by atoms with van der Waals surface area (Å²) >= 11 is 1.70. The molecule has 1 saturated heterocycles. The van der Waals surface area contributed by atoms with E-state index < -0.39 is 6.10 Å². The lowest BCUT2D eigenvalue weighted by molar-refractivity contribution is -0.128. The van der Waals surface area contributed by atoms with E-state index in [0.717, 1.165) is 17.6 Å². The molecule has 1 atom stereocenters. The molecular formula is C13H14N2O2S. The van der Waals surface area contributed by atoms with Crippen LogP contribution in [0.3, 0.4) is 0 Å². The monoisotopic (exact) mass is 262 g/mol. The normalized spacial score (nSPS) is 19.9. The Morgan fingerprint density at radius 2 is 2.39 bits per heavy atom. The van der Waals surface area contributed by atoms with Crippen LogP contribution in [0.2, 0.25) is 0 Å². The number of fused-ring (bicyclic) bond motifs is 1. The molecule has 2 aromatic rings. The fraction of sp³-hybridized carbons (Fsp3) is 0.308. The average molecular weight is 262 g/mol. The summed E-state index contributed by atoms with van der Waals surface area (Å²) in [6, 6.07) is 7.98. The van der Waals surface area contributed by atoms with Gasteiger partial charge in [-0.15, -0.1) is 11.3 Å². The summed E-state index contributed by atoms with van der Waals surface area (Å²) < 4.78 is 6.64. The third kappa shape index (κ3) is 2.38. The molecule has 1 unspecified atom stereocenters. The Morgan fingerprint density at radius 1 is 1.44 bits per heavy atom. The van der Waals surface area contributed by atoms with Gasteiger partial charge < -0.3 is 15.4 Å². The SMILES string of the molecule is O=C(Nc1ccc2sccc2c1)C1CNCCO1. The van der Waals surface area contributed by atoms with Gasteiger partial charge in [-0.25, -0.2) is 0 Å². The maximum Gasteiger partial charge on any atom is 0.254 e. The van der Waals surface area contributed by atoms with Gasteiger partial charge in [0.1, 0.15) is 6.10 Å². The van der Waals surface area contributed by atoms with Crippen molar-refractivity contribution in [3.05, 3.63) is 29.6 Å². The Balaban J connectivity index is 1.72. The zero-order chi connectivity index (χ0) is 12.4. The minimum absolute atomic E-state index is 0.0863. The Labute approximate surface area is 109 Å². The molecule has 5 heteroatoms. The fourth-order valence-corrected chi connectivity index (χ4v) is 2.77. The first-order valence-electron chi connectivity index (χ1n) is 5.93. The van der Waals surface area contributed by atoms with E-state index in [-0.39, 0.29) is 5.91 Å². The van der Waals surface area contributed by atoms with Crippen molar-refractivity contribution in [3.63, 3.8) is 0 Å². The van der Waals surface area contributed by atoms with Gasteiger partial charge in [-0.1, -0.05) is 0 Å². The standard InChI is InChI=1S/C13H14N2O2S/c16-13(11-8-14-4-5-17-11)15-10-1-2-12-9(7-10)3-6-18-12/h1-3,6-7,11,14H,4-5,8H2,(H,15,16). The van der Waals surface area contributed by atoms with Gasteiger partial charge in [0, 0.05) is 23.5 Å². The second-order valence-electron chi connectivity index (χ2n) is 4.23. The van der Waals surface area contributed by atoms with Crippen LogP contribution in [-0.2, 0) is 9.53 Å². The molecule has 0 bridgehead atoms. The summed E-state index contributed by atoms with van der Waals surface area (Å²) in [6.45, 7) is 1.97. The van der Waals surface area contributed by atoms with Gasteiger partial charge in [-0.05, 0) is 35.0 Å². The molecule has 18 heavy (non-hydrogen) atoms. The quantitative estimate of drug-likeness (QED) is 0.868. The van der Waals surface area contributed by atoms with Gasteiger partial charge in [0.2, 0.25) is 0 Å². The Kier molecular flexibility index (Phi) is 3.27. The van der Waals surface area contributed by atoms with Gasteiger partial charge >= 0.3 is 0 Å². The third-order valence-corrected chi connectivity index (χ3v) is 3.84.